The van der Waals surface area contributed by atoms with Crippen LogP contribution in [0.25, 0.3) is 5.69 Å². The van der Waals surface area contributed by atoms with Gasteiger partial charge in [-0.05, 0) is 36.0 Å². The Morgan fingerprint density at radius 3 is 2.54 bits per heavy atom. The number of hydrogen-bond donors (Lipinski definition) is 1. The van der Waals surface area contributed by atoms with Gasteiger partial charge in [0.25, 0.3) is 10.0 Å². The van der Waals surface area contributed by atoms with E-state index in [9.17, 15) is 18.0 Å². The number of para-hydroxylation sites is 1. The molecule has 0 aliphatic carbocycles. The van der Waals surface area contributed by atoms with Crippen LogP contribution in [0, 0.1) is 17.9 Å². The van der Waals surface area contributed by atoms with Crippen molar-refractivity contribution >= 4 is 15.7 Å². The third-order valence-electron chi connectivity index (χ3n) is 3.32. The minimum absolute atomic E-state index is 0.0266. The molecule has 9 heteroatoms. The van der Waals surface area contributed by atoms with E-state index in [1.165, 1.54) is 30.5 Å². The summed E-state index contributed by atoms with van der Waals surface area (Å²) >= 11 is 0. The highest BCUT2D eigenvalue weighted by Crippen LogP contribution is 2.24. The first-order valence-electron chi connectivity index (χ1n) is 6.90. The lowest BCUT2D eigenvalue weighted by Crippen LogP contribution is -2.37. The lowest BCUT2D eigenvalue weighted by molar-refractivity contribution is -0.688. The van der Waals surface area contributed by atoms with Crippen LogP contribution in [-0.4, -0.2) is 18.3 Å². The van der Waals surface area contributed by atoms with Crippen LogP contribution < -0.4 is 9.57 Å². The molecular formula is C15H13FN4O3S. The predicted octanol–water partition coefficient (Wildman–Crippen LogP) is 1.75. The first-order valence-corrected chi connectivity index (χ1v) is 8.39. The summed E-state index contributed by atoms with van der Waals surface area (Å²) in [6.07, 6.45) is 2.25. The maximum absolute atomic E-state index is 14.2. The Bertz CT molecular complexity index is 984. The van der Waals surface area contributed by atoms with Gasteiger partial charge in [-0.3, -0.25) is 4.72 Å². The highest BCUT2D eigenvalue weighted by molar-refractivity contribution is 7.92. The van der Waals surface area contributed by atoms with Crippen molar-refractivity contribution in [2.24, 2.45) is 0 Å². The molecule has 0 amide bonds. The topological polar surface area (TPSA) is 90.9 Å². The fraction of sp³-hybridized carbons (Fsp3) is 0.0667. The number of aromatic nitrogens is 3. The van der Waals surface area contributed by atoms with Crippen LogP contribution >= 0.6 is 0 Å². The molecule has 0 saturated heterocycles. The molecule has 0 aliphatic heterocycles. The second-order valence-electron chi connectivity index (χ2n) is 5.06. The van der Waals surface area contributed by atoms with Crippen molar-refractivity contribution in [3.63, 3.8) is 0 Å². The lowest BCUT2D eigenvalue weighted by atomic mass is 10.2. The Morgan fingerprint density at radius 2 is 1.92 bits per heavy atom. The van der Waals surface area contributed by atoms with Gasteiger partial charge >= 0.3 is 0 Å². The number of aryl methyl sites for hydroxylation is 1. The molecular weight excluding hydrogens is 335 g/mol. The van der Waals surface area contributed by atoms with Gasteiger partial charge in [0.15, 0.2) is 17.7 Å². The largest absolute Gasteiger partial charge is 0.692 e. The monoisotopic (exact) mass is 348 g/mol. The first kappa shape index (κ1) is 15.9. The molecule has 124 valence electrons. The van der Waals surface area contributed by atoms with Gasteiger partial charge in [-0.1, -0.05) is 23.8 Å². The molecule has 0 spiro atoms. The van der Waals surface area contributed by atoms with Crippen LogP contribution in [0.5, 0.6) is 0 Å². The molecule has 0 atom stereocenters. The normalized spacial score (nSPS) is 11.4. The maximum atomic E-state index is 14.2. The molecule has 24 heavy (non-hydrogen) atoms. The smallest absolute Gasteiger partial charge is 0.261 e. The summed E-state index contributed by atoms with van der Waals surface area (Å²) in [6.45, 7) is 1.83. The second-order valence-corrected chi connectivity index (χ2v) is 6.74. The van der Waals surface area contributed by atoms with Crippen LogP contribution in [0.3, 0.4) is 0 Å². The Labute approximate surface area is 137 Å². The SMILES string of the molecule is Cc1ccc(S(=O)(=O)Nc2cccc(F)c2-n2ncc[n+]2[O-])cc1. The van der Waals surface area contributed by atoms with Crippen molar-refractivity contribution in [2.75, 3.05) is 4.72 Å². The molecule has 0 radical (unpaired) electrons. The van der Waals surface area contributed by atoms with E-state index < -0.39 is 15.8 Å². The van der Waals surface area contributed by atoms with Gasteiger partial charge in [0, 0.05) is 5.10 Å². The molecule has 2 aromatic carbocycles. The first-order chi connectivity index (χ1) is 11.4. The number of nitrogens with one attached hydrogen (secondary N) is 1. The number of benzene rings is 2. The van der Waals surface area contributed by atoms with E-state index in [1.807, 2.05) is 6.92 Å². The van der Waals surface area contributed by atoms with E-state index in [4.69, 9.17) is 0 Å². The highest BCUT2D eigenvalue weighted by atomic mass is 32.2. The number of rotatable bonds is 4. The van der Waals surface area contributed by atoms with E-state index in [1.54, 1.807) is 12.1 Å². The average molecular weight is 348 g/mol. The van der Waals surface area contributed by atoms with Gasteiger partial charge in [-0.2, -0.15) is 4.85 Å². The Balaban J connectivity index is 2.06. The molecule has 1 heterocycles. The quantitative estimate of drug-likeness (QED) is 0.574. The molecule has 7 nitrogen and oxygen atoms in total. The molecule has 0 saturated carbocycles. The summed E-state index contributed by atoms with van der Waals surface area (Å²) in [5, 5.41) is 15.4. The Morgan fingerprint density at radius 1 is 1.21 bits per heavy atom. The second kappa shape index (κ2) is 5.93. The van der Waals surface area contributed by atoms with E-state index >= 15 is 0 Å². The van der Waals surface area contributed by atoms with Gasteiger partial charge in [0.2, 0.25) is 6.20 Å². The van der Waals surface area contributed by atoms with Gasteiger partial charge in [-0.15, -0.1) is 0 Å². The summed E-state index contributed by atoms with van der Waals surface area (Å²) in [4.78, 5) is 1.04. The molecule has 0 unspecified atom stereocenters. The van der Waals surface area contributed by atoms with E-state index in [0.717, 1.165) is 22.6 Å². The third kappa shape index (κ3) is 2.93. The average Bonchev–Trinajstić information content (AvgIpc) is 2.93. The van der Waals surface area contributed by atoms with Crippen LogP contribution in [0.15, 0.2) is 59.8 Å². The standard InChI is InChI=1S/C15H13FN4O3S/c1-11-5-7-12(8-6-11)24(22,23)18-14-4-2-3-13(16)15(14)20-17-9-10-19(20)21/h2-10,18H,1H3. The van der Waals surface area contributed by atoms with Crippen molar-refractivity contribution in [1.29, 1.82) is 0 Å². The van der Waals surface area contributed by atoms with Gasteiger partial charge in [0.05, 0.1) is 10.6 Å². The van der Waals surface area contributed by atoms with Crippen LogP contribution in [-0.2, 0) is 10.0 Å². The number of nitrogens with zero attached hydrogens (tertiary/aromatic N) is 3. The van der Waals surface area contributed by atoms with Crippen LogP contribution in [0.1, 0.15) is 5.56 Å². The van der Waals surface area contributed by atoms with E-state index in [-0.39, 0.29) is 16.3 Å². The summed E-state index contributed by atoms with van der Waals surface area (Å²) in [6, 6.07) is 9.99. The highest BCUT2D eigenvalue weighted by Gasteiger charge is 2.22. The number of halogens is 1. The van der Waals surface area contributed by atoms with E-state index in [0.29, 0.717) is 4.85 Å². The van der Waals surface area contributed by atoms with Crippen molar-refractivity contribution < 1.29 is 17.7 Å². The number of anilines is 1. The summed E-state index contributed by atoms with van der Waals surface area (Å²) in [7, 11) is -3.94. The number of sulfonamides is 1. The van der Waals surface area contributed by atoms with Gasteiger partial charge < -0.3 is 5.21 Å². The fourth-order valence-corrected chi connectivity index (χ4v) is 3.21. The summed E-state index contributed by atoms with van der Waals surface area (Å²) in [5.41, 5.74) is 0.529. The van der Waals surface area contributed by atoms with E-state index in [2.05, 4.69) is 9.82 Å². The van der Waals surface area contributed by atoms with Crippen LogP contribution in [0.2, 0.25) is 0 Å². The number of hydrogen-bond acceptors (Lipinski definition) is 4. The molecule has 0 bridgehead atoms. The van der Waals surface area contributed by atoms with Gasteiger partial charge in [-0.25, -0.2) is 12.8 Å². The maximum Gasteiger partial charge on any atom is 0.261 e. The van der Waals surface area contributed by atoms with Crippen molar-refractivity contribution in [1.82, 2.24) is 9.90 Å². The molecule has 0 aliphatic rings. The van der Waals surface area contributed by atoms with Crippen LogP contribution in [0.4, 0.5) is 10.1 Å². The predicted molar refractivity (Wildman–Crippen MR) is 84.5 cm³/mol. The van der Waals surface area contributed by atoms with Crippen molar-refractivity contribution in [3.05, 3.63) is 71.4 Å². The fourth-order valence-electron chi connectivity index (χ4n) is 2.14. The molecule has 1 aromatic heterocycles. The lowest BCUT2D eigenvalue weighted by Gasteiger charge is -2.12. The minimum atomic E-state index is -3.94. The molecule has 1 N–H and O–H groups in total. The zero-order valence-corrected chi connectivity index (χ0v) is 13.4. The minimum Gasteiger partial charge on any atom is -0.692 e. The van der Waals surface area contributed by atoms with Crippen molar-refractivity contribution in [3.8, 4) is 5.69 Å². The zero-order valence-electron chi connectivity index (χ0n) is 12.5. The molecule has 3 rings (SSSR count). The van der Waals surface area contributed by atoms with Crippen molar-refractivity contribution in [2.45, 2.75) is 11.8 Å². The Kier molecular flexibility index (Phi) is 3.94. The molecule has 0 fully saturated rings. The summed E-state index contributed by atoms with van der Waals surface area (Å²) in [5.74, 6) is -0.785. The Hall–Kier alpha value is -2.94. The molecule has 3 aromatic rings. The zero-order chi connectivity index (χ0) is 17.3. The van der Waals surface area contributed by atoms with Gasteiger partial charge in [0.1, 0.15) is 0 Å². The third-order valence-corrected chi connectivity index (χ3v) is 4.70. The summed E-state index contributed by atoms with van der Waals surface area (Å²) < 4.78 is 41.4.